The van der Waals surface area contributed by atoms with Crippen molar-refractivity contribution in [1.29, 1.82) is 0 Å². The third-order valence-corrected chi connectivity index (χ3v) is 16.5. The van der Waals surface area contributed by atoms with E-state index in [1.807, 2.05) is 99.0 Å². The molecule has 2 amide bonds. The van der Waals surface area contributed by atoms with Crippen LogP contribution in [-0.4, -0.2) is 103 Å². The van der Waals surface area contributed by atoms with Gasteiger partial charge in [-0.2, -0.15) is 35.8 Å². The van der Waals surface area contributed by atoms with Gasteiger partial charge in [0.25, 0.3) is 11.6 Å². The molecule has 28 heteroatoms. The Balaban J connectivity index is 0.000000200. The number of aryl methyl sites for hydroxylation is 2. The molecule has 12 rings (SSSR count). The first-order chi connectivity index (χ1) is 48.8. The Morgan fingerprint density at radius 2 is 0.882 bits per heavy atom. The summed E-state index contributed by atoms with van der Waals surface area (Å²) >= 11 is 0. The topological polar surface area (TPSA) is 323 Å². The number of methoxy groups -OCH3 is 2. The Labute approximate surface area is 579 Å². The molecule has 532 valence electrons. The Hall–Kier alpha value is -12.1. The van der Waals surface area contributed by atoms with Crippen LogP contribution in [0.3, 0.4) is 0 Å². The van der Waals surface area contributed by atoms with E-state index in [0.717, 1.165) is 125 Å². The van der Waals surface area contributed by atoms with Crippen molar-refractivity contribution in [3.05, 3.63) is 228 Å². The Bertz CT molecular complexity index is 4720. The summed E-state index contributed by atoms with van der Waals surface area (Å²) in [5, 5.41) is 50.7. The van der Waals surface area contributed by atoms with Gasteiger partial charge in [0, 0.05) is 69.8 Å². The van der Waals surface area contributed by atoms with Crippen molar-refractivity contribution in [2.45, 2.75) is 89.7 Å². The molecule has 10 N–H and O–H groups in total. The zero-order valence-electron chi connectivity index (χ0n) is 55.8. The van der Waals surface area contributed by atoms with Crippen molar-refractivity contribution >= 4 is 67.1 Å². The monoisotopic (exact) mass is 1400 g/mol. The van der Waals surface area contributed by atoms with Gasteiger partial charge in [-0.25, -0.2) is 19.9 Å². The molecule has 0 aliphatic heterocycles. The number of alkyl halides is 6. The summed E-state index contributed by atoms with van der Waals surface area (Å²) in [6.07, 6.45) is 1.83. The highest BCUT2D eigenvalue weighted by molar-refractivity contribution is 5.93. The SMILES string of the molecule is COc1ccc2[nH]c(C)c(CC(=O)N[C@@H](CCCCN=c3ccccn3O)c3[nH]c(-c4ccc5ccccc5c4)c[nH+]3)c2c1.COc1ccc2[nH]c(C)c(CC(=O)N[C@@H](CCCCN=c3ccccn3O)c3[nH]c(-c4ccc5ccccc5c4)c[nH+]3)c2c1.O=C([O-])C(F)(F)F.O=C([O-])C(F)(F)F. The van der Waals surface area contributed by atoms with Crippen molar-refractivity contribution in [2.24, 2.45) is 9.98 Å². The van der Waals surface area contributed by atoms with Gasteiger partial charge in [0.2, 0.25) is 11.8 Å². The fourth-order valence-electron chi connectivity index (χ4n) is 11.4. The van der Waals surface area contributed by atoms with E-state index in [4.69, 9.17) is 29.3 Å². The molecule has 0 spiro atoms. The number of unbranched alkanes of at least 4 members (excludes halogenated alkanes) is 2. The van der Waals surface area contributed by atoms with Crippen molar-refractivity contribution in [3.63, 3.8) is 0 Å². The quantitative estimate of drug-likeness (QED) is 0.0180. The zero-order chi connectivity index (χ0) is 73.1. The molecule has 0 radical (unpaired) electrons. The predicted molar refractivity (Wildman–Crippen MR) is 363 cm³/mol. The van der Waals surface area contributed by atoms with Gasteiger partial charge in [-0.05, 0) is 170 Å². The number of carboxylic acids is 2. The number of hydrogen-bond donors (Lipinski definition) is 8. The van der Waals surface area contributed by atoms with Gasteiger partial charge in [-0.1, -0.05) is 72.8 Å². The maximum absolute atomic E-state index is 13.5. The number of hydrogen-bond acceptors (Lipinski definition) is 12. The minimum absolute atomic E-state index is 0.0626. The number of carbonyl (C=O) groups excluding carboxylic acids is 4. The van der Waals surface area contributed by atoms with E-state index in [0.29, 0.717) is 36.9 Å². The number of H-pyrrole nitrogens is 6. The van der Waals surface area contributed by atoms with Crippen LogP contribution in [0.1, 0.15) is 84.8 Å². The van der Waals surface area contributed by atoms with Crippen LogP contribution < -0.4 is 51.3 Å². The second kappa shape index (κ2) is 34.1. The number of aromatic nitrogens is 8. The Morgan fingerprint density at radius 3 is 1.25 bits per heavy atom. The van der Waals surface area contributed by atoms with Crippen LogP contribution in [-0.2, 0) is 32.0 Å². The number of rotatable bonds is 22. The van der Waals surface area contributed by atoms with Gasteiger partial charge >= 0.3 is 12.4 Å². The Morgan fingerprint density at radius 1 is 0.510 bits per heavy atom. The van der Waals surface area contributed by atoms with E-state index in [1.54, 1.807) is 50.9 Å². The first-order valence-electron chi connectivity index (χ1n) is 32.3. The van der Waals surface area contributed by atoms with E-state index in [-0.39, 0.29) is 36.7 Å². The summed E-state index contributed by atoms with van der Waals surface area (Å²) in [6, 6.07) is 51.3. The second-order valence-electron chi connectivity index (χ2n) is 23.6. The van der Waals surface area contributed by atoms with Gasteiger partial charge in [-0.15, -0.1) is 0 Å². The number of benzene rings is 6. The van der Waals surface area contributed by atoms with Crippen molar-refractivity contribution in [1.82, 2.24) is 40.0 Å². The third-order valence-electron chi connectivity index (χ3n) is 16.5. The molecule has 0 unspecified atom stereocenters. The van der Waals surface area contributed by atoms with Crippen molar-refractivity contribution < 1.29 is 85.6 Å². The number of pyridine rings is 2. The number of aliphatic carboxylic acids is 2. The summed E-state index contributed by atoms with van der Waals surface area (Å²) in [4.78, 5) is 74.3. The molecule has 0 aliphatic carbocycles. The zero-order valence-corrected chi connectivity index (χ0v) is 55.8. The second-order valence-corrected chi connectivity index (χ2v) is 23.6. The molecule has 0 saturated heterocycles. The number of nitrogens with one attached hydrogen (secondary N) is 8. The lowest BCUT2D eigenvalue weighted by molar-refractivity contribution is -0.392. The van der Waals surface area contributed by atoms with Crippen LogP contribution in [0.25, 0.3) is 65.9 Å². The molecule has 102 heavy (non-hydrogen) atoms. The maximum Gasteiger partial charge on any atom is 0.430 e. The number of aromatic amines is 6. The van der Waals surface area contributed by atoms with E-state index >= 15 is 0 Å². The number of fused-ring (bicyclic) bond motifs is 4. The average Bonchev–Trinajstić information content (AvgIpc) is 1.65. The van der Waals surface area contributed by atoms with Crippen LogP contribution in [0.5, 0.6) is 11.5 Å². The molecule has 6 heterocycles. The molecule has 6 aromatic heterocycles. The van der Waals surface area contributed by atoms with Crippen LogP contribution in [0, 0.1) is 13.8 Å². The number of ether oxygens (including phenoxy) is 2. The molecular formula is C74H74F6N12O10. The highest BCUT2D eigenvalue weighted by Crippen LogP contribution is 2.31. The molecular weight excluding hydrogens is 1330 g/mol. The van der Waals surface area contributed by atoms with Gasteiger partial charge < -0.3 is 60.3 Å². The van der Waals surface area contributed by atoms with Crippen LogP contribution in [0.15, 0.2) is 192 Å². The molecule has 0 bridgehead atoms. The normalized spacial score (nSPS) is 12.4. The van der Waals surface area contributed by atoms with Crippen LogP contribution in [0.2, 0.25) is 0 Å². The lowest BCUT2D eigenvalue weighted by Crippen LogP contribution is -2.37. The first-order valence-corrected chi connectivity index (χ1v) is 32.3. The van der Waals surface area contributed by atoms with E-state index in [1.165, 1.54) is 21.5 Å². The highest BCUT2D eigenvalue weighted by atomic mass is 19.4. The number of halogens is 6. The molecule has 22 nitrogen and oxygen atoms in total. The van der Waals surface area contributed by atoms with Crippen molar-refractivity contribution in [2.75, 3.05) is 27.3 Å². The molecule has 0 aliphatic rings. The van der Waals surface area contributed by atoms with E-state index in [9.17, 15) is 46.3 Å². The molecule has 0 saturated carbocycles. The standard InChI is InChI=1S/2C35H36N6O3.2C2HF3O2/c2*1-23-28(29-20-27(44-2)15-16-30(29)38-23)21-34(42)39-31(11-5-7-17-36-33-12-6-8-18-41(33)43)35-37-22-32(40-35)26-14-13-24-9-3-4-10-25(24)19-26;2*3-2(4,5)1(6)7/h2*3-4,6,8-10,12-16,18-20,22,31,38,43H,5,7,11,17,21H2,1-2H3,(H,37,40)(H,39,42);2*(H,6,7)/t2*31-;;/m00../s1. The molecule has 6 aromatic carbocycles. The summed E-state index contributed by atoms with van der Waals surface area (Å²) in [7, 11) is 3.29. The molecule has 2 atom stereocenters. The Kier molecular flexibility index (Phi) is 24.8. The number of nitrogens with zero attached hydrogens (tertiary/aromatic N) is 4. The smallest absolute Gasteiger partial charge is 0.430 e. The summed E-state index contributed by atoms with van der Waals surface area (Å²) in [6.45, 7) is 5.12. The van der Waals surface area contributed by atoms with Gasteiger partial charge in [0.15, 0.2) is 22.4 Å². The largest absolute Gasteiger partial charge is 0.542 e. The number of carbonyl (C=O) groups is 4. The number of carboxylic acid groups (broad SMARTS) is 2. The number of amides is 2. The highest BCUT2D eigenvalue weighted by Gasteiger charge is 2.30. The third kappa shape index (κ3) is 20.1. The van der Waals surface area contributed by atoms with Gasteiger partial charge in [-0.3, -0.25) is 19.6 Å². The van der Waals surface area contributed by atoms with Crippen LogP contribution >= 0.6 is 0 Å². The average molecular weight is 1410 g/mol. The minimum Gasteiger partial charge on any atom is -0.542 e. The van der Waals surface area contributed by atoms with E-state index in [2.05, 4.69) is 111 Å². The van der Waals surface area contributed by atoms with E-state index < -0.39 is 24.3 Å². The fraction of sp³-hybridized carbons (Fsp3) is 0.243. The minimum atomic E-state index is -5.19. The van der Waals surface area contributed by atoms with Crippen LogP contribution in [0.4, 0.5) is 26.3 Å². The summed E-state index contributed by atoms with van der Waals surface area (Å²) in [5.74, 6) is -2.95. The summed E-state index contributed by atoms with van der Waals surface area (Å²) in [5.41, 5.74) is 10.9. The lowest BCUT2D eigenvalue weighted by Gasteiger charge is -2.14. The number of imidazole rings is 2. The van der Waals surface area contributed by atoms with Gasteiger partial charge in [0.05, 0.1) is 27.1 Å². The molecule has 12 aromatic rings. The maximum atomic E-state index is 13.5. The summed E-state index contributed by atoms with van der Waals surface area (Å²) < 4.78 is 76.0. The van der Waals surface area contributed by atoms with Gasteiger partial charge in [0.1, 0.15) is 47.9 Å². The lowest BCUT2D eigenvalue weighted by atomic mass is 10.0. The molecule has 0 fully saturated rings. The first kappa shape index (κ1) is 74.1. The predicted octanol–water partition coefficient (Wildman–Crippen LogP) is 9.91. The fourth-order valence-corrected chi connectivity index (χ4v) is 11.4. The van der Waals surface area contributed by atoms with Crippen molar-refractivity contribution in [3.8, 4) is 34.0 Å².